The van der Waals surface area contributed by atoms with Gasteiger partial charge in [-0.1, -0.05) is 146 Å². The van der Waals surface area contributed by atoms with Crippen molar-refractivity contribution in [3.8, 4) is 0 Å². The van der Waals surface area contributed by atoms with Crippen LogP contribution in [-0.2, 0) is 143 Å². The average Bonchev–Trinajstić information content (AvgIpc) is 0.880. The third-order valence-corrected chi connectivity index (χ3v) is 12.9. The van der Waals surface area contributed by atoms with E-state index < -0.39 is 26.0 Å². The molecule has 28 nitrogen and oxygen atoms in total. The molecule has 0 saturated heterocycles. The van der Waals surface area contributed by atoms with E-state index >= 15 is 0 Å². The molecule has 8 heterocycles. The van der Waals surface area contributed by atoms with E-state index in [1.807, 2.05) is 215 Å². The van der Waals surface area contributed by atoms with Crippen molar-refractivity contribution in [2.24, 2.45) is 9.98 Å². The van der Waals surface area contributed by atoms with E-state index in [0.717, 1.165) is 37.6 Å². The number of hydrogen-bond acceptors (Lipinski definition) is 14. The van der Waals surface area contributed by atoms with Gasteiger partial charge in [-0.3, -0.25) is 79.8 Å². The number of rotatable bonds is 14. The van der Waals surface area contributed by atoms with E-state index in [2.05, 4.69) is 198 Å². The summed E-state index contributed by atoms with van der Waals surface area (Å²) < 4.78 is 53.2. The van der Waals surface area contributed by atoms with E-state index in [0.29, 0.717) is 33.5 Å². The molecule has 0 spiro atoms. The van der Waals surface area contributed by atoms with Crippen LogP contribution in [0.4, 0.5) is 11.4 Å². The summed E-state index contributed by atoms with van der Waals surface area (Å²) in [5.74, 6) is -1.08. The Hall–Kier alpha value is -10.2. The number of hydrogen-bond donors (Lipinski definition) is 2. The van der Waals surface area contributed by atoms with Gasteiger partial charge in [0.2, 0.25) is 0 Å². The third kappa shape index (κ3) is 72.0. The molecule has 12 aromatic rings. The molecule has 4 amide bonds. The average molecular weight is 2260 g/mol. The monoisotopic (exact) mass is 2260 g/mol. The Morgan fingerprint density at radius 3 is 0.730 bits per heavy atom. The summed E-state index contributed by atoms with van der Waals surface area (Å²) in [5, 5.41) is 6.92. The maximum absolute atomic E-state index is 12.0. The molecule has 2 N–H and O–H groups in total. The number of carbonyl (C=O) groups is 4. The van der Waals surface area contributed by atoms with E-state index in [9.17, 15) is 19.2 Å². The predicted octanol–water partition coefficient (Wildman–Crippen LogP) is 8.33. The van der Waals surface area contributed by atoms with Crippen molar-refractivity contribution < 1.29 is 170 Å². The summed E-state index contributed by atoms with van der Waals surface area (Å²) in [6, 6.07) is 76.6. The zero-order valence-corrected chi connectivity index (χ0v) is 79.0. The van der Waals surface area contributed by atoms with Gasteiger partial charge in [0.05, 0.1) is 22.1 Å². The number of nitrogens with one attached hydrogen (secondary N) is 2. The van der Waals surface area contributed by atoms with Crippen LogP contribution in [0.15, 0.2) is 327 Å². The zero-order chi connectivity index (χ0) is 96.0. The Kier molecular flexibility index (Phi) is 112. The van der Waals surface area contributed by atoms with Gasteiger partial charge in [-0.15, -0.1) is 0 Å². The van der Waals surface area contributed by atoms with Crippen molar-refractivity contribution in [1.29, 1.82) is 0 Å². The second kappa shape index (κ2) is 104. The van der Waals surface area contributed by atoms with Crippen molar-refractivity contribution in [2.75, 3.05) is 10.6 Å². The van der Waals surface area contributed by atoms with E-state index in [4.69, 9.17) is 115 Å². The topological polar surface area (TPSA) is 408 Å². The normalized spacial score (nSPS) is 8.19. The van der Waals surface area contributed by atoms with Gasteiger partial charge in [0.15, 0.2) is 37.9 Å². The molecule has 0 unspecified atom stereocenters. The van der Waals surface area contributed by atoms with Crippen molar-refractivity contribution in [3.63, 3.8) is 0 Å². The van der Waals surface area contributed by atoms with Crippen molar-refractivity contribution in [2.45, 2.75) is 26.2 Å². The summed E-state index contributed by atoms with van der Waals surface area (Å²) in [6.07, 6.45) is 21.8. The van der Waals surface area contributed by atoms with Crippen LogP contribution in [0.25, 0.3) is 0 Å². The number of aromatic nitrogens is 8. The minimum absolute atomic E-state index is 0. The Labute approximate surface area is 804 Å². The maximum atomic E-state index is 12.0. The number of anilines is 2. The van der Waals surface area contributed by atoms with Gasteiger partial charge in [-0.2, -0.15) is 0 Å². The van der Waals surface area contributed by atoms with Crippen LogP contribution in [0.1, 0.15) is 64.2 Å². The summed E-state index contributed by atoms with van der Waals surface area (Å²) in [7, 11) is 38.8. The van der Waals surface area contributed by atoms with Crippen LogP contribution in [0.5, 0.6) is 0 Å². The molecule has 0 fully saturated rings. The van der Waals surface area contributed by atoms with E-state index in [1.54, 1.807) is 97.6 Å². The van der Waals surface area contributed by atoms with Gasteiger partial charge in [0, 0.05) is 98.1 Å². The molecule has 0 aliphatic rings. The summed E-state index contributed by atoms with van der Waals surface area (Å²) in [4.78, 5) is 119. The molecular weight excluding hydrogens is 2190 g/mol. The first-order valence-electron chi connectivity index (χ1n) is 31.9. The molecule has 126 heavy (non-hydrogen) atoms. The first-order valence-corrected chi connectivity index (χ1v) is 49.8. The molecule has 42 heteroatoms. The molecule has 0 radical (unpaired) electrons. The van der Waals surface area contributed by atoms with E-state index in [-0.39, 0.29) is 48.4 Å². The summed E-state index contributed by atoms with van der Waals surface area (Å²) in [5.41, 5.74) is 7.93. The van der Waals surface area contributed by atoms with Crippen molar-refractivity contribution in [3.05, 3.63) is 413 Å². The van der Waals surface area contributed by atoms with Crippen LogP contribution in [0.2, 0.25) is 0 Å². The van der Waals surface area contributed by atoms with Crippen LogP contribution < -0.4 is 55.3 Å². The SMILES string of the molecule is O=C(N=c1ccn(Cc2ccccc2)cc1)c1ccccn1.O=C(N=c1ccn(Cc2ccccc2)cc1)c1ccccn1.O=C(Nc1cc[n+](Cc2ccccc2)cc1)c1ccccn1.O=C(Nc1cc[n+](Cc2ccccc2)cc1)c1ccccn1.[C-]#[O+].[C-]#[O+].[C-]#[O+].[C-]#[O+].[C-]#[O+].[C-]#[O+].[CH-]=O.[CH-]=O.[CH-]=O.[CH-]=O.[CH-]=O.[CH-]=O.[Cl-].[Cl-].[Cl][Ru+3].[Cl][Ru+3].[Cl][Ru-]([Cl])[Cl].[Cl][Ru-]([Cl])[Cl]. The third-order valence-electron chi connectivity index (χ3n) is 12.9. The van der Waals surface area contributed by atoms with Gasteiger partial charge >= 0.3 is 206 Å². The number of halogens is 10. The molecule has 0 atom stereocenters. The second-order valence-electron chi connectivity index (χ2n) is 19.8. The fraction of sp³-hybridized carbons (Fsp3) is 0.0476. The van der Waals surface area contributed by atoms with Gasteiger partial charge in [-0.25, -0.2) is 19.1 Å². The summed E-state index contributed by atoms with van der Waals surface area (Å²) in [6.45, 7) is 49.7. The number of benzene rings is 4. The minimum atomic E-state index is -1.75. The van der Waals surface area contributed by atoms with Crippen molar-refractivity contribution in [1.82, 2.24) is 29.1 Å². The second-order valence-corrected chi connectivity index (χ2v) is 35.7. The van der Waals surface area contributed by atoms with Crippen LogP contribution >= 0.6 is 77.5 Å². The molecule has 12 rings (SSSR count). The van der Waals surface area contributed by atoms with Gasteiger partial charge in [-0.05, 0) is 83.9 Å². The molecule has 4 aromatic carbocycles. The number of amides is 4. The van der Waals surface area contributed by atoms with Crippen LogP contribution in [0, 0.1) is 39.9 Å². The Balaban J connectivity index is -0.000000157. The standard InChI is InChI=1S/4C18H15N3O.6CHO.6CO.10ClH.4Ru/c4*22-18(17-8-4-5-11-19-17)20-16-9-12-21(13-10-16)14-15-6-2-1-3-7-15;12*1-2;;;;;;;;;;;;;;/h4*1-13H,14H2;6*1H;;;;;;;10*1H;;;;/q;;;;6*-1;;;;;;;;;;;;;;;;;2*+2;2*+4/p-8. The molecule has 0 bridgehead atoms. The molecule has 0 aliphatic carbocycles. The number of nitrogens with zero attached hydrogens (tertiary/aromatic N) is 10. The van der Waals surface area contributed by atoms with Crippen molar-refractivity contribution >= 4 is 153 Å². The quantitative estimate of drug-likeness (QED) is 0.0340. The van der Waals surface area contributed by atoms with Gasteiger partial charge < -0.3 is 73.3 Å². The first-order chi connectivity index (χ1) is 60.7. The van der Waals surface area contributed by atoms with Crippen LogP contribution in [-0.4, -0.2) is 93.4 Å². The van der Waals surface area contributed by atoms with Gasteiger partial charge in [0.25, 0.3) is 23.6 Å². The molecule has 664 valence electrons. The molecular formula is C84H68Cl10N12O16Ru4-2. The molecule has 0 saturated carbocycles. The Morgan fingerprint density at radius 2 is 0.524 bits per heavy atom. The van der Waals surface area contributed by atoms with Gasteiger partial charge in [0.1, 0.15) is 22.8 Å². The fourth-order valence-electron chi connectivity index (χ4n) is 8.44. The predicted molar refractivity (Wildman–Crippen MR) is 448 cm³/mol. The van der Waals surface area contributed by atoms with Crippen LogP contribution in [0.3, 0.4) is 0 Å². The first kappa shape index (κ1) is 136. The summed E-state index contributed by atoms with van der Waals surface area (Å²) >= 11 is 0.138. The fourth-order valence-corrected chi connectivity index (χ4v) is 8.44. The molecule has 0 aliphatic heterocycles. The number of pyridine rings is 8. The number of carbonyl (C=O) groups excluding carboxylic acids is 10. The molecule has 8 aromatic heterocycles. The Morgan fingerprint density at radius 1 is 0.325 bits per heavy atom. The Bertz CT molecular complexity index is 4520. The zero-order valence-electron chi connectivity index (χ0n) is 64.5. The van der Waals surface area contributed by atoms with E-state index in [1.165, 1.54) is 22.3 Å².